The van der Waals surface area contributed by atoms with Gasteiger partial charge in [0, 0.05) is 24.3 Å². The van der Waals surface area contributed by atoms with Gasteiger partial charge in [-0.05, 0) is 43.7 Å². The Balaban J connectivity index is 1.57. The summed E-state index contributed by atoms with van der Waals surface area (Å²) in [6.45, 7) is 7.24. The molecular formula is C20H21N3O2S. The van der Waals surface area contributed by atoms with Gasteiger partial charge in [-0.2, -0.15) is 0 Å². The van der Waals surface area contributed by atoms with Gasteiger partial charge < -0.3 is 15.0 Å². The highest BCUT2D eigenvalue weighted by atomic mass is 32.1. The van der Waals surface area contributed by atoms with Crippen molar-refractivity contribution in [3.05, 3.63) is 53.1 Å². The number of aryl methyl sites for hydroxylation is 2. The minimum Gasteiger partial charge on any atom is -0.378 e. The largest absolute Gasteiger partial charge is 0.378 e. The number of ether oxygens (including phenoxy) is 1. The quantitative estimate of drug-likeness (QED) is 0.760. The van der Waals surface area contributed by atoms with Crippen molar-refractivity contribution in [2.24, 2.45) is 0 Å². The number of benzene rings is 2. The molecule has 0 aliphatic carbocycles. The fraction of sp³-hybridized carbons (Fsp3) is 0.300. The highest BCUT2D eigenvalue weighted by molar-refractivity contribution is 7.22. The van der Waals surface area contributed by atoms with Crippen molar-refractivity contribution < 1.29 is 9.53 Å². The van der Waals surface area contributed by atoms with Crippen molar-refractivity contribution in [3.63, 3.8) is 0 Å². The molecule has 1 saturated heterocycles. The number of carbonyl (C=O) groups excluding carboxylic acids is 1. The van der Waals surface area contributed by atoms with Crippen LogP contribution in [-0.4, -0.2) is 37.2 Å². The fourth-order valence-corrected chi connectivity index (χ4v) is 4.15. The molecule has 134 valence electrons. The van der Waals surface area contributed by atoms with Gasteiger partial charge in [0.25, 0.3) is 5.91 Å². The normalized spacial score (nSPS) is 14.6. The van der Waals surface area contributed by atoms with Gasteiger partial charge in [0.05, 0.1) is 23.4 Å². The average molecular weight is 367 g/mol. The molecule has 0 spiro atoms. The number of carbonyl (C=O) groups is 1. The standard InChI is InChI=1S/C20H21N3O2S/c1-13-3-5-16(14(2)11-13)21-19(24)15-4-6-17-18(12-15)26-20(22-17)23-7-9-25-10-8-23/h3-6,11-12H,7-10H2,1-2H3,(H,21,24). The van der Waals surface area contributed by atoms with E-state index in [1.165, 1.54) is 5.56 Å². The number of aromatic nitrogens is 1. The third-order valence-corrected chi connectivity index (χ3v) is 5.63. The van der Waals surface area contributed by atoms with E-state index in [-0.39, 0.29) is 5.91 Å². The van der Waals surface area contributed by atoms with Crippen LogP contribution in [0.3, 0.4) is 0 Å². The highest BCUT2D eigenvalue weighted by Gasteiger charge is 2.16. The molecule has 1 N–H and O–H groups in total. The first-order chi connectivity index (χ1) is 12.6. The first-order valence-electron chi connectivity index (χ1n) is 8.72. The molecule has 3 aromatic rings. The molecule has 0 bridgehead atoms. The topological polar surface area (TPSA) is 54.5 Å². The molecule has 0 unspecified atom stereocenters. The highest BCUT2D eigenvalue weighted by Crippen LogP contribution is 2.30. The molecule has 5 nitrogen and oxygen atoms in total. The fourth-order valence-electron chi connectivity index (χ4n) is 3.09. The summed E-state index contributed by atoms with van der Waals surface area (Å²) in [4.78, 5) is 19.6. The van der Waals surface area contributed by atoms with Crippen molar-refractivity contribution in [1.82, 2.24) is 4.98 Å². The van der Waals surface area contributed by atoms with Crippen LogP contribution in [0.1, 0.15) is 21.5 Å². The molecule has 0 atom stereocenters. The number of hydrogen-bond acceptors (Lipinski definition) is 5. The summed E-state index contributed by atoms with van der Waals surface area (Å²) in [6, 6.07) is 11.7. The third-order valence-electron chi connectivity index (χ3n) is 4.55. The molecule has 6 heteroatoms. The summed E-state index contributed by atoms with van der Waals surface area (Å²) < 4.78 is 6.43. The molecule has 0 saturated carbocycles. The Kier molecular flexibility index (Phi) is 4.61. The molecule has 26 heavy (non-hydrogen) atoms. The van der Waals surface area contributed by atoms with Crippen LogP contribution in [0.5, 0.6) is 0 Å². The average Bonchev–Trinajstić information content (AvgIpc) is 3.08. The maximum atomic E-state index is 12.6. The van der Waals surface area contributed by atoms with Crippen LogP contribution in [-0.2, 0) is 4.74 Å². The summed E-state index contributed by atoms with van der Waals surface area (Å²) >= 11 is 1.63. The summed E-state index contributed by atoms with van der Waals surface area (Å²) in [5, 5.41) is 4.00. The molecular weight excluding hydrogens is 346 g/mol. The molecule has 1 amide bonds. The predicted octanol–water partition coefficient (Wildman–Crippen LogP) is 4.00. The minimum absolute atomic E-state index is 0.0971. The maximum absolute atomic E-state index is 12.6. The number of nitrogens with zero attached hydrogens (tertiary/aromatic N) is 2. The predicted molar refractivity (Wildman–Crippen MR) is 107 cm³/mol. The van der Waals surface area contributed by atoms with Gasteiger partial charge in [0.2, 0.25) is 0 Å². The van der Waals surface area contributed by atoms with E-state index in [0.717, 1.165) is 52.9 Å². The minimum atomic E-state index is -0.0971. The van der Waals surface area contributed by atoms with Crippen LogP contribution >= 0.6 is 11.3 Å². The van der Waals surface area contributed by atoms with Crippen LogP contribution in [0.2, 0.25) is 0 Å². The van der Waals surface area contributed by atoms with E-state index in [4.69, 9.17) is 9.72 Å². The maximum Gasteiger partial charge on any atom is 0.255 e. The Labute approximate surface area is 156 Å². The zero-order valence-electron chi connectivity index (χ0n) is 14.9. The number of amides is 1. The number of thiazole rings is 1. The number of anilines is 2. The Morgan fingerprint density at radius 3 is 2.73 bits per heavy atom. The molecule has 4 rings (SSSR count). The summed E-state index contributed by atoms with van der Waals surface area (Å²) in [5.74, 6) is -0.0971. The van der Waals surface area contributed by atoms with Gasteiger partial charge in [0.15, 0.2) is 5.13 Å². The van der Waals surface area contributed by atoms with Crippen LogP contribution in [0.4, 0.5) is 10.8 Å². The van der Waals surface area contributed by atoms with Gasteiger partial charge in [-0.3, -0.25) is 4.79 Å². The van der Waals surface area contributed by atoms with Gasteiger partial charge in [-0.1, -0.05) is 29.0 Å². The third kappa shape index (κ3) is 3.43. The lowest BCUT2D eigenvalue weighted by Crippen LogP contribution is -2.36. The van der Waals surface area contributed by atoms with Crippen LogP contribution in [0, 0.1) is 13.8 Å². The van der Waals surface area contributed by atoms with Crippen molar-refractivity contribution in [2.75, 3.05) is 36.5 Å². The van der Waals surface area contributed by atoms with E-state index < -0.39 is 0 Å². The van der Waals surface area contributed by atoms with E-state index >= 15 is 0 Å². The monoisotopic (exact) mass is 367 g/mol. The van der Waals surface area contributed by atoms with Gasteiger partial charge in [0.1, 0.15) is 0 Å². The second-order valence-electron chi connectivity index (χ2n) is 6.55. The zero-order chi connectivity index (χ0) is 18.1. The van der Waals surface area contributed by atoms with E-state index in [2.05, 4.69) is 16.3 Å². The zero-order valence-corrected chi connectivity index (χ0v) is 15.7. The smallest absolute Gasteiger partial charge is 0.255 e. The molecule has 2 aromatic carbocycles. The number of hydrogen-bond donors (Lipinski definition) is 1. The van der Waals surface area contributed by atoms with E-state index in [1.807, 2.05) is 44.2 Å². The van der Waals surface area contributed by atoms with E-state index in [1.54, 1.807) is 11.3 Å². The second-order valence-corrected chi connectivity index (χ2v) is 7.56. The first-order valence-corrected chi connectivity index (χ1v) is 9.54. The summed E-state index contributed by atoms with van der Waals surface area (Å²) in [6.07, 6.45) is 0. The van der Waals surface area contributed by atoms with Gasteiger partial charge >= 0.3 is 0 Å². The van der Waals surface area contributed by atoms with Crippen LogP contribution in [0.25, 0.3) is 10.2 Å². The molecule has 1 aromatic heterocycles. The second kappa shape index (κ2) is 7.05. The van der Waals surface area contributed by atoms with Crippen LogP contribution < -0.4 is 10.2 Å². The van der Waals surface area contributed by atoms with Crippen molar-refractivity contribution in [1.29, 1.82) is 0 Å². The van der Waals surface area contributed by atoms with E-state index in [0.29, 0.717) is 5.56 Å². The number of nitrogens with one attached hydrogen (secondary N) is 1. The van der Waals surface area contributed by atoms with Crippen molar-refractivity contribution in [3.8, 4) is 0 Å². The lowest BCUT2D eigenvalue weighted by atomic mass is 10.1. The molecule has 0 radical (unpaired) electrons. The molecule has 2 heterocycles. The van der Waals surface area contributed by atoms with Gasteiger partial charge in [-0.15, -0.1) is 0 Å². The number of rotatable bonds is 3. The lowest BCUT2D eigenvalue weighted by Gasteiger charge is -2.25. The molecule has 1 aliphatic rings. The Bertz CT molecular complexity index is 961. The molecule has 1 fully saturated rings. The first kappa shape index (κ1) is 17.0. The molecule has 1 aliphatic heterocycles. The van der Waals surface area contributed by atoms with Crippen molar-refractivity contribution >= 4 is 38.3 Å². The number of fused-ring (bicyclic) bond motifs is 1. The lowest BCUT2D eigenvalue weighted by molar-refractivity contribution is 0.102. The van der Waals surface area contributed by atoms with Crippen molar-refractivity contribution in [2.45, 2.75) is 13.8 Å². The van der Waals surface area contributed by atoms with Gasteiger partial charge in [-0.25, -0.2) is 4.98 Å². The summed E-state index contributed by atoms with van der Waals surface area (Å²) in [7, 11) is 0. The van der Waals surface area contributed by atoms with E-state index in [9.17, 15) is 4.79 Å². The SMILES string of the molecule is Cc1ccc(NC(=O)c2ccc3nc(N4CCOCC4)sc3c2)c(C)c1. The van der Waals surface area contributed by atoms with Crippen LogP contribution in [0.15, 0.2) is 36.4 Å². The Hall–Kier alpha value is -2.44. The number of morpholine rings is 1. The Morgan fingerprint density at radius 2 is 1.96 bits per heavy atom. The Morgan fingerprint density at radius 1 is 1.15 bits per heavy atom. The summed E-state index contributed by atoms with van der Waals surface area (Å²) in [5.41, 5.74) is 4.67.